The molecule has 3 heterocycles. The molecule has 0 aliphatic rings. The molecule has 8 nitrogen and oxygen atoms in total. The number of anilines is 1. The Balaban J connectivity index is 1.50. The number of carbonyl (C=O) groups is 1. The third kappa shape index (κ3) is 4.33. The van der Waals surface area contributed by atoms with Gasteiger partial charge < -0.3 is 19.9 Å². The second kappa shape index (κ2) is 8.38. The van der Waals surface area contributed by atoms with Crippen LogP contribution in [0.25, 0.3) is 11.3 Å². The Kier molecular flexibility index (Phi) is 5.49. The van der Waals surface area contributed by atoms with Gasteiger partial charge in [0.25, 0.3) is 0 Å². The highest BCUT2D eigenvalue weighted by Crippen LogP contribution is 2.28. The molecule has 4 rings (SSSR count). The van der Waals surface area contributed by atoms with Gasteiger partial charge in [0.15, 0.2) is 5.76 Å². The number of imidazole rings is 1. The van der Waals surface area contributed by atoms with E-state index in [1.165, 1.54) is 0 Å². The van der Waals surface area contributed by atoms with Crippen LogP contribution in [0, 0.1) is 0 Å². The molecule has 0 radical (unpaired) electrons. The molecule has 30 heavy (non-hydrogen) atoms. The van der Waals surface area contributed by atoms with E-state index < -0.39 is 11.9 Å². The molecule has 1 aromatic carbocycles. The smallest absolute Gasteiger partial charge is 0.312 e. The summed E-state index contributed by atoms with van der Waals surface area (Å²) in [6, 6.07) is 12.6. The number of nitrogen functional groups attached to an aromatic ring is 1. The van der Waals surface area contributed by atoms with Crippen LogP contribution >= 0.6 is 11.6 Å². The Morgan fingerprint density at radius 3 is 2.80 bits per heavy atom. The summed E-state index contributed by atoms with van der Waals surface area (Å²) in [6.45, 7) is 0.386. The summed E-state index contributed by atoms with van der Waals surface area (Å²) < 4.78 is 7.17. The Labute approximate surface area is 176 Å². The van der Waals surface area contributed by atoms with Crippen molar-refractivity contribution >= 4 is 23.4 Å². The highest BCUT2D eigenvalue weighted by molar-refractivity contribution is 6.33. The molecule has 9 heteroatoms. The summed E-state index contributed by atoms with van der Waals surface area (Å²) >= 11 is 6.20. The van der Waals surface area contributed by atoms with Crippen molar-refractivity contribution in [3.8, 4) is 11.3 Å². The van der Waals surface area contributed by atoms with Gasteiger partial charge in [-0.15, -0.1) is 0 Å². The summed E-state index contributed by atoms with van der Waals surface area (Å²) in [5.74, 6) is -0.805. The maximum atomic E-state index is 11.8. The van der Waals surface area contributed by atoms with Crippen LogP contribution in [-0.4, -0.2) is 30.8 Å². The molecule has 0 amide bonds. The number of rotatable bonds is 7. The summed E-state index contributed by atoms with van der Waals surface area (Å²) in [6.07, 6.45) is 5.12. The third-order valence-corrected chi connectivity index (χ3v) is 4.97. The first-order chi connectivity index (χ1) is 14.5. The Morgan fingerprint density at radius 1 is 1.23 bits per heavy atom. The first kappa shape index (κ1) is 19.7. The SMILES string of the molecule is Nc1ccc(CC(C(=O)O)c2cn(Cc3cc(-c4ccccc4Cl)on3)cn2)cn1. The van der Waals surface area contributed by atoms with Crippen molar-refractivity contribution in [2.75, 3.05) is 5.73 Å². The van der Waals surface area contributed by atoms with Gasteiger partial charge >= 0.3 is 5.97 Å². The topological polar surface area (TPSA) is 120 Å². The number of carboxylic acid groups (broad SMARTS) is 1. The van der Waals surface area contributed by atoms with Crippen molar-refractivity contribution in [1.82, 2.24) is 19.7 Å². The molecular formula is C21H18ClN5O3. The summed E-state index contributed by atoms with van der Waals surface area (Å²) in [5, 5.41) is 14.3. The minimum atomic E-state index is -0.959. The molecule has 0 aliphatic heterocycles. The van der Waals surface area contributed by atoms with Crippen molar-refractivity contribution in [3.05, 3.63) is 83.2 Å². The number of nitrogens with two attached hydrogens (primary N) is 1. The molecule has 3 N–H and O–H groups in total. The maximum Gasteiger partial charge on any atom is 0.312 e. The fourth-order valence-corrected chi connectivity index (χ4v) is 3.34. The zero-order valence-corrected chi connectivity index (χ0v) is 16.5. The van der Waals surface area contributed by atoms with Crippen LogP contribution in [-0.2, 0) is 17.8 Å². The second-order valence-corrected chi connectivity index (χ2v) is 7.23. The van der Waals surface area contributed by atoms with Crippen LogP contribution in [0.2, 0.25) is 5.02 Å². The minimum Gasteiger partial charge on any atom is -0.481 e. The van der Waals surface area contributed by atoms with Crippen molar-refractivity contribution in [1.29, 1.82) is 0 Å². The minimum absolute atomic E-state index is 0.264. The van der Waals surface area contributed by atoms with Crippen molar-refractivity contribution in [2.24, 2.45) is 0 Å². The molecule has 3 aromatic heterocycles. The van der Waals surface area contributed by atoms with Crippen LogP contribution in [0.4, 0.5) is 5.82 Å². The normalized spacial score (nSPS) is 12.0. The van der Waals surface area contributed by atoms with E-state index in [4.69, 9.17) is 21.9 Å². The first-order valence-electron chi connectivity index (χ1n) is 9.15. The Morgan fingerprint density at radius 2 is 2.07 bits per heavy atom. The van der Waals surface area contributed by atoms with Gasteiger partial charge in [0.1, 0.15) is 17.4 Å². The molecular weight excluding hydrogens is 406 g/mol. The first-order valence-corrected chi connectivity index (χ1v) is 9.53. The Hall–Kier alpha value is -3.65. The number of carboxylic acids is 1. The standard InChI is InChI=1S/C21H18ClN5O3/c22-17-4-2-1-3-15(17)19-8-14(26-30-19)10-27-11-18(25-12-27)16(21(28)29)7-13-5-6-20(23)24-9-13/h1-6,8-9,11-12,16H,7,10H2,(H2,23,24)(H,28,29). The lowest BCUT2D eigenvalue weighted by atomic mass is 9.98. The molecule has 152 valence electrons. The molecule has 4 aromatic rings. The van der Waals surface area contributed by atoms with Crippen molar-refractivity contribution in [2.45, 2.75) is 18.9 Å². The largest absolute Gasteiger partial charge is 0.481 e. The number of halogens is 1. The Bertz CT molecular complexity index is 1170. The van der Waals surface area contributed by atoms with E-state index in [1.807, 2.05) is 18.2 Å². The van der Waals surface area contributed by atoms with Gasteiger partial charge in [0.2, 0.25) is 0 Å². The van der Waals surface area contributed by atoms with E-state index in [0.29, 0.717) is 34.5 Å². The predicted octanol–water partition coefficient (Wildman–Crippen LogP) is 3.63. The van der Waals surface area contributed by atoms with Gasteiger partial charge in [-0.3, -0.25) is 4.79 Å². The number of nitrogens with zero attached hydrogens (tertiary/aromatic N) is 4. The highest BCUT2D eigenvalue weighted by Gasteiger charge is 2.23. The predicted molar refractivity (Wildman–Crippen MR) is 111 cm³/mol. The summed E-state index contributed by atoms with van der Waals surface area (Å²) in [4.78, 5) is 20.1. The third-order valence-electron chi connectivity index (χ3n) is 4.64. The number of benzene rings is 1. The highest BCUT2D eigenvalue weighted by atomic mass is 35.5. The van der Waals surface area contributed by atoms with Gasteiger partial charge in [-0.25, -0.2) is 9.97 Å². The number of pyridine rings is 1. The van der Waals surface area contributed by atoms with Crippen LogP contribution < -0.4 is 5.73 Å². The summed E-state index contributed by atoms with van der Waals surface area (Å²) in [5.41, 5.74) is 8.24. The monoisotopic (exact) mass is 423 g/mol. The second-order valence-electron chi connectivity index (χ2n) is 6.82. The van der Waals surface area contributed by atoms with Crippen LogP contribution in [0.5, 0.6) is 0 Å². The number of hydrogen-bond acceptors (Lipinski definition) is 6. The van der Waals surface area contributed by atoms with Crippen molar-refractivity contribution in [3.63, 3.8) is 0 Å². The molecule has 0 saturated carbocycles. The van der Waals surface area contributed by atoms with Gasteiger partial charge in [-0.2, -0.15) is 0 Å². The molecule has 0 aliphatic carbocycles. The van der Waals surface area contributed by atoms with E-state index >= 15 is 0 Å². The number of aromatic nitrogens is 4. The molecule has 0 fully saturated rings. The van der Waals surface area contributed by atoms with E-state index in [9.17, 15) is 9.90 Å². The molecule has 0 bridgehead atoms. The molecule has 1 unspecified atom stereocenters. The summed E-state index contributed by atoms with van der Waals surface area (Å²) in [7, 11) is 0. The zero-order valence-electron chi connectivity index (χ0n) is 15.8. The van der Waals surface area contributed by atoms with E-state index in [0.717, 1.165) is 11.1 Å². The van der Waals surface area contributed by atoms with E-state index in [1.54, 1.807) is 47.6 Å². The maximum absolute atomic E-state index is 11.8. The molecule has 1 atom stereocenters. The average molecular weight is 424 g/mol. The van der Waals surface area contributed by atoms with E-state index in [2.05, 4.69) is 15.1 Å². The van der Waals surface area contributed by atoms with Gasteiger partial charge in [0.05, 0.1) is 23.6 Å². The van der Waals surface area contributed by atoms with Crippen molar-refractivity contribution < 1.29 is 14.4 Å². The lowest BCUT2D eigenvalue weighted by molar-refractivity contribution is -0.138. The molecule has 0 saturated heterocycles. The number of aliphatic carboxylic acids is 1. The zero-order chi connectivity index (χ0) is 21.1. The van der Waals surface area contributed by atoms with Crippen LogP contribution in [0.3, 0.4) is 0 Å². The van der Waals surface area contributed by atoms with Gasteiger partial charge in [-0.05, 0) is 30.2 Å². The van der Waals surface area contributed by atoms with Gasteiger partial charge in [0, 0.05) is 24.0 Å². The lowest BCUT2D eigenvalue weighted by Crippen LogP contribution is -2.15. The lowest BCUT2D eigenvalue weighted by Gasteiger charge is -2.09. The average Bonchev–Trinajstić information content (AvgIpc) is 3.38. The molecule has 0 spiro atoms. The quantitative estimate of drug-likeness (QED) is 0.465. The fraction of sp³-hybridized carbons (Fsp3) is 0.143. The van der Waals surface area contributed by atoms with Gasteiger partial charge in [-0.1, -0.05) is 35.0 Å². The van der Waals surface area contributed by atoms with Crippen LogP contribution in [0.15, 0.2) is 65.7 Å². The van der Waals surface area contributed by atoms with Crippen LogP contribution in [0.1, 0.15) is 22.9 Å². The fourth-order valence-electron chi connectivity index (χ4n) is 3.12. The number of hydrogen-bond donors (Lipinski definition) is 2. The van der Waals surface area contributed by atoms with E-state index in [-0.39, 0.29) is 6.42 Å².